The summed E-state index contributed by atoms with van der Waals surface area (Å²) in [6.07, 6.45) is 4.24. The predicted octanol–water partition coefficient (Wildman–Crippen LogP) is 2.54. The van der Waals surface area contributed by atoms with Crippen LogP contribution >= 0.6 is 0 Å². The van der Waals surface area contributed by atoms with E-state index < -0.39 is 17.5 Å². The van der Waals surface area contributed by atoms with Crippen LogP contribution in [0, 0.1) is 6.92 Å². The van der Waals surface area contributed by atoms with Crippen LogP contribution in [0.1, 0.15) is 37.7 Å². The van der Waals surface area contributed by atoms with Crippen LogP contribution < -0.4 is 10.1 Å². The second kappa shape index (κ2) is 6.97. The Morgan fingerprint density at radius 1 is 1.23 bits per heavy atom. The Morgan fingerprint density at radius 3 is 2.58 bits per heavy atom. The van der Waals surface area contributed by atoms with Crippen molar-refractivity contribution >= 4 is 23.5 Å². The van der Waals surface area contributed by atoms with Crippen molar-refractivity contribution in [3.8, 4) is 5.75 Å². The molecule has 1 saturated carbocycles. The lowest BCUT2D eigenvalue weighted by Gasteiger charge is -2.35. The van der Waals surface area contributed by atoms with Gasteiger partial charge in [0.15, 0.2) is 0 Å². The number of amides is 4. The Morgan fingerprint density at radius 2 is 1.92 bits per heavy atom. The summed E-state index contributed by atoms with van der Waals surface area (Å²) in [6.45, 7) is 1.62. The molecule has 1 aliphatic heterocycles. The van der Waals surface area contributed by atoms with E-state index >= 15 is 0 Å². The summed E-state index contributed by atoms with van der Waals surface area (Å²) < 4.78 is 5.25. The van der Waals surface area contributed by atoms with Gasteiger partial charge >= 0.3 is 6.03 Å². The number of carbonyl (C=O) groups excluding carboxylic acids is 3. The number of hydrogen-bond acceptors (Lipinski definition) is 4. The second-order valence-electron chi connectivity index (χ2n) is 7.08. The standard InChI is InChI=1S/C19H25N3O4/c1-13-7-8-15(26-3)14(11-13)20-16(23)12-22-17(24)19(21(2)18(22)25)9-5-4-6-10-19/h7-8,11H,4-6,9-10,12H2,1-3H3,(H,20,23). The fourth-order valence-electron chi connectivity index (χ4n) is 3.92. The summed E-state index contributed by atoms with van der Waals surface area (Å²) in [5, 5.41) is 2.75. The van der Waals surface area contributed by atoms with Gasteiger partial charge in [-0.15, -0.1) is 0 Å². The highest BCUT2D eigenvalue weighted by molar-refractivity contribution is 6.10. The molecule has 7 nitrogen and oxygen atoms in total. The minimum Gasteiger partial charge on any atom is -0.495 e. The van der Waals surface area contributed by atoms with Gasteiger partial charge < -0.3 is 15.0 Å². The molecular weight excluding hydrogens is 334 g/mol. The van der Waals surface area contributed by atoms with E-state index in [1.165, 1.54) is 12.0 Å². The van der Waals surface area contributed by atoms with Gasteiger partial charge in [-0.2, -0.15) is 0 Å². The number of urea groups is 1. The fraction of sp³-hybridized carbons (Fsp3) is 0.526. The molecule has 2 fully saturated rings. The molecule has 0 bridgehead atoms. The number of nitrogens with zero attached hydrogens (tertiary/aromatic N) is 2. The fourth-order valence-corrected chi connectivity index (χ4v) is 3.92. The van der Waals surface area contributed by atoms with Gasteiger partial charge in [-0.05, 0) is 37.5 Å². The molecule has 0 unspecified atom stereocenters. The molecule has 1 aromatic carbocycles. The number of likely N-dealkylation sites (N-methyl/N-ethyl adjacent to an activating group) is 1. The Hall–Kier alpha value is -2.57. The van der Waals surface area contributed by atoms with Crippen molar-refractivity contribution in [2.24, 2.45) is 0 Å². The van der Waals surface area contributed by atoms with E-state index in [9.17, 15) is 14.4 Å². The van der Waals surface area contributed by atoms with Gasteiger partial charge in [-0.1, -0.05) is 25.3 Å². The van der Waals surface area contributed by atoms with Gasteiger partial charge in [-0.25, -0.2) is 4.79 Å². The highest BCUT2D eigenvalue weighted by atomic mass is 16.5. The smallest absolute Gasteiger partial charge is 0.327 e. The van der Waals surface area contributed by atoms with Crippen molar-refractivity contribution in [2.75, 3.05) is 26.0 Å². The zero-order valence-electron chi connectivity index (χ0n) is 15.5. The molecule has 1 heterocycles. The Labute approximate surface area is 153 Å². The first kappa shape index (κ1) is 18.2. The van der Waals surface area contributed by atoms with Crippen molar-refractivity contribution in [3.63, 3.8) is 0 Å². The topological polar surface area (TPSA) is 79.0 Å². The highest BCUT2D eigenvalue weighted by Gasteiger charge is 2.55. The molecular formula is C19H25N3O4. The third-order valence-corrected chi connectivity index (χ3v) is 5.41. The maximum absolute atomic E-state index is 12.9. The van der Waals surface area contributed by atoms with E-state index in [0.717, 1.165) is 29.7 Å². The third-order valence-electron chi connectivity index (χ3n) is 5.41. The number of methoxy groups -OCH3 is 1. The number of benzene rings is 1. The van der Waals surface area contributed by atoms with Crippen molar-refractivity contribution < 1.29 is 19.1 Å². The number of carbonyl (C=O) groups is 3. The van der Waals surface area contributed by atoms with Gasteiger partial charge in [-0.3, -0.25) is 14.5 Å². The van der Waals surface area contributed by atoms with Gasteiger partial charge in [0.25, 0.3) is 5.91 Å². The quantitative estimate of drug-likeness (QED) is 0.838. The lowest BCUT2D eigenvalue weighted by molar-refractivity contribution is -0.136. The lowest BCUT2D eigenvalue weighted by atomic mass is 9.81. The molecule has 4 amide bonds. The molecule has 26 heavy (non-hydrogen) atoms. The average Bonchev–Trinajstić information content (AvgIpc) is 2.79. The molecule has 1 saturated heterocycles. The van der Waals surface area contributed by atoms with E-state index in [4.69, 9.17) is 4.74 Å². The van der Waals surface area contributed by atoms with Crippen molar-refractivity contribution in [1.29, 1.82) is 0 Å². The first-order chi connectivity index (χ1) is 12.4. The van der Waals surface area contributed by atoms with Crippen molar-refractivity contribution in [2.45, 2.75) is 44.6 Å². The first-order valence-corrected chi connectivity index (χ1v) is 8.93. The largest absolute Gasteiger partial charge is 0.495 e. The van der Waals surface area contributed by atoms with Gasteiger partial charge in [0.2, 0.25) is 5.91 Å². The Bertz CT molecular complexity index is 740. The van der Waals surface area contributed by atoms with Gasteiger partial charge in [0.1, 0.15) is 17.8 Å². The highest BCUT2D eigenvalue weighted by Crippen LogP contribution is 2.39. The van der Waals surface area contributed by atoms with Crippen LogP contribution in [0.15, 0.2) is 18.2 Å². The van der Waals surface area contributed by atoms with Crippen LogP contribution in [0.2, 0.25) is 0 Å². The Balaban J connectivity index is 1.74. The van der Waals surface area contributed by atoms with E-state index in [2.05, 4.69) is 5.32 Å². The molecule has 1 N–H and O–H groups in total. The minimum atomic E-state index is -0.767. The monoisotopic (exact) mass is 359 g/mol. The molecule has 140 valence electrons. The van der Waals surface area contributed by atoms with Gasteiger partial charge in [0, 0.05) is 7.05 Å². The summed E-state index contributed by atoms with van der Waals surface area (Å²) in [5.41, 5.74) is 0.726. The second-order valence-corrected chi connectivity index (χ2v) is 7.08. The van der Waals surface area contributed by atoms with Gasteiger partial charge in [0.05, 0.1) is 12.8 Å². The van der Waals surface area contributed by atoms with E-state index in [-0.39, 0.29) is 12.5 Å². The number of nitrogens with one attached hydrogen (secondary N) is 1. The molecule has 1 spiro atoms. The van der Waals surface area contributed by atoms with Crippen LogP contribution in [0.25, 0.3) is 0 Å². The summed E-state index contributed by atoms with van der Waals surface area (Å²) >= 11 is 0. The number of rotatable bonds is 4. The number of anilines is 1. The number of hydrogen-bond donors (Lipinski definition) is 1. The molecule has 3 rings (SSSR count). The number of imide groups is 1. The summed E-state index contributed by atoms with van der Waals surface area (Å²) in [4.78, 5) is 40.6. The molecule has 0 atom stereocenters. The van der Waals surface area contributed by atoms with Crippen molar-refractivity contribution in [1.82, 2.24) is 9.80 Å². The molecule has 0 radical (unpaired) electrons. The summed E-state index contributed by atoms with van der Waals surface area (Å²) in [6, 6.07) is 5.04. The van der Waals surface area contributed by atoms with Crippen molar-refractivity contribution in [3.05, 3.63) is 23.8 Å². The normalized spacial score (nSPS) is 19.2. The van der Waals surface area contributed by atoms with Crippen LogP contribution in [0.3, 0.4) is 0 Å². The average molecular weight is 359 g/mol. The molecule has 1 aromatic rings. The molecule has 0 aromatic heterocycles. The lowest BCUT2D eigenvalue weighted by Crippen LogP contribution is -2.49. The van der Waals surface area contributed by atoms with E-state index in [1.807, 2.05) is 13.0 Å². The zero-order valence-corrected chi connectivity index (χ0v) is 15.5. The maximum atomic E-state index is 12.9. The predicted molar refractivity (Wildman–Crippen MR) is 97.0 cm³/mol. The molecule has 7 heteroatoms. The Kier molecular flexibility index (Phi) is 4.89. The molecule has 1 aliphatic carbocycles. The number of aryl methyl sites for hydroxylation is 1. The summed E-state index contributed by atoms with van der Waals surface area (Å²) in [7, 11) is 3.18. The van der Waals surface area contributed by atoms with E-state index in [0.29, 0.717) is 24.3 Å². The van der Waals surface area contributed by atoms with E-state index in [1.54, 1.807) is 19.2 Å². The SMILES string of the molecule is COc1ccc(C)cc1NC(=O)CN1C(=O)N(C)C2(CCCCC2)C1=O. The van der Waals surface area contributed by atoms with Crippen LogP contribution in [0.5, 0.6) is 5.75 Å². The first-order valence-electron chi connectivity index (χ1n) is 8.93. The summed E-state index contributed by atoms with van der Waals surface area (Å²) in [5.74, 6) is -0.142. The van der Waals surface area contributed by atoms with Crippen LogP contribution in [0.4, 0.5) is 10.5 Å². The molecule has 2 aliphatic rings. The number of ether oxygens (including phenoxy) is 1. The van der Waals surface area contributed by atoms with Crippen LogP contribution in [-0.4, -0.2) is 53.9 Å². The van der Waals surface area contributed by atoms with Crippen LogP contribution in [-0.2, 0) is 9.59 Å². The zero-order chi connectivity index (χ0) is 18.9. The maximum Gasteiger partial charge on any atom is 0.327 e. The minimum absolute atomic E-state index is 0.254. The third kappa shape index (κ3) is 3.02.